The lowest BCUT2D eigenvalue weighted by Gasteiger charge is -2.08. The first kappa shape index (κ1) is 16.6. The van der Waals surface area contributed by atoms with Crippen LogP contribution in [0.5, 0.6) is 0 Å². The number of nitrogens with zero attached hydrogens (tertiary/aromatic N) is 3. The second-order valence-electron chi connectivity index (χ2n) is 4.62. The standard InChI is InChI=1S/C13H21ClN4O2/c1-3-5-6-7-9-15-13-11(18(19)20)12(14)16-10(17-13)8-4-2/h3-9H2,1-2H3,(H,15,16,17). The predicted molar refractivity (Wildman–Crippen MR) is 80.3 cm³/mol. The van der Waals surface area contributed by atoms with E-state index in [9.17, 15) is 10.1 Å². The van der Waals surface area contributed by atoms with E-state index in [2.05, 4.69) is 22.2 Å². The number of nitrogens with one attached hydrogen (secondary N) is 1. The number of aromatic nitrogens is 2. The molecule has 1 aromatic rings. The number of halogens is 1. The van der Waals surface area contributed by atoms with E-state index in [1.165, 1.54) is 0 Å². The summed E-state index contributed by atoms with van der Waals surface area (Å²) in [7, 11) is 0. The average Bonchev–Trinajstić information content (AvgIpc) is 2.38. The topological polar surface area (TPSA) is 81.0 Å². The predicted octanol–water partition coefficient (Wildman–Crippen LogP) is 3.98. The van der Waals surface area contributed by atoms with Crippen LogP contribution in [0.15, 0.2) is 0 Å². The third-order valence-corrected chi connectivity index (χ3v) is 3.13. The molecule has 0 spiro atoms. The largest absolute Gasteiger partial charge is 0.364 e. The van der Waals surface area contributed by atoms with Gasteiger partial charge in [-0.15, -0.1) is 0 Å². The minimum atomic E-state index is -0.535. The maximum atomic E-state index is 11.0. The highest BCUT2D eigenvalue weighted by Crippen LogP contribution is 2.29. The Labute approximate surface area is 124 Å². The molecule has 6 nitrogen and oxygen atoms in total. The molecule has 0 fully saturated rings. The molecule has 20 heavy (non-hydrogen) atoms. The fraction of sp³-hybridized carbons (Fsp3) is 0.692. The summed E-state index contributed by atoms with van der Waals surface area (Å²) in [5.74, 6) is 0.772. The molecule has 112 valence electrons. The number of hydrogen-bond acceptors (Lipinski definition) is 5. The number of nitro groups is 1. The average molecular weight is 301 g/mol. The van der Waals surface area contributed by atoms with Crippen LogP contribution >= 0.6 is 11.6 Å². The Morgan fingerprint density at radius 3 is 2.55 bits per heavy atom. The Hall–Kier alpha value is -1.43. The summed E-state index contributed by atoms with van der Waals surface area (Å²) in [6, 6.07) is 0. The second kappa shape index (κ2) is 8.68. The summed E-state index contributed by atoms with van der Waals surface area (Å²) >= 11 is 5.90. The molecule has 0 amide bonds. The number of aryl methyl sites for hydroxylation is 1. The molecule has 0 bridgehead atoms. The third kappa shape index (κ3) is 4.92. The highest BCUT2D eigenvalue weighted by molar-refractivity contribution is 6.31. The SMILES string of the molecule is CCCCCCNc1nc(CCC)nc(Cl)c1[N+](=O)[O-]. The minimum Gasteiger partial charge on any atom is -0.364 e. The van der Waals surface area contributed by atoms with Gasteiger partial charge in [0.05, 0.1) is 4.92 Å². The molecular formula is C13H21ClN4O2. The molecule has 1 rings (SSSR count). The highest BCUT2D eigenvalue weighted by Gasteiger charge is 2.23. The molecular weight excluding hydrogens is 280 g/mol. The first-order valence-electron chi connectivity index (χ1n) is 7.04. The molecule has 1 aromatic heterocycles. The maximum Gasteiger partial charge on any atom is 0.348 e. The van der Waals surface area contributed by atoms with Gasteiger partial charge in [0.2, 0.25) is 11.0 Å². The van der Waals surface area contributed by atoms with Crippen molar-refractivity contribution in [2.75, 3.05) is 11.9 Å². The van der Waals surface area contributed by atoms with Gasteiger partial charge in [-0.25, -0.2) is 9.97 Å². The van der Waals surface area contributed by atoms with Gasteiger partial charge in [0, 0.05) is 13.0 Å². The maximum absolute atomic E-state index is 11.0. The molecule has 0 aromatic carbocycles. The van der Waals surface area contributed by atoms with Gasteiger partial charge in [-0.2, -0.15) is 0 Å². The Morgan fingerprint density at radius 1 is 1.20 bits per heavy atom. The summed E-state index contributed by atoms with van der Waals surface area (Å²) in [4.78, 5) is 18.7. The smallest absolute Gasteiger partial charge is 0.348 e. The zero-order chi connectivity index (χ0) is 15.0. The summed E-state index contributed by atoms with van der Waals surface area (Å²) in [5.41, 5.74) is -0.234. The van der Waals surface area contributed by atoms with Crippen molar-refractivity contribution in [3.63, 3.8) is 0 Å². The molecule has 0 aliphatic rings. The number of rotatable bonds is 9. The normalized spacial score (nSPS) is 10.6. The summed E-state index contributed by atoms with van der Waals surface area (Å²) in [5, 5.41) is 14.0. The van der Waals surface area contributed by atoms with Gasteiger partial charge < -0.3 is 5.32 Å². The van der Waals surface area contributed by atoms with Gasteiger partial charge in [0.1, 0.15) is 5.82 Å². The summed E-state index contributed by atoms with van der Waals surface area (Å²) in [6.07, 6.45) is 5.88. The molecule has 0 aliphatic carbocycles. The van der Waals surface area contributed by atoms with Gasteiger partial charge in [0.15, 0.2) is 0 Å². The van der Waals surface area contributed by atoms with Crippen LogP contribution in [0.25, 0.3) is 0 Å². The lowest BCUT2D eigenvalue weighted by atomic mass is 10.2. The lowest BCUT2D eigenvalue weighted by molar-refractivity contribution is -0.384. The Balaban J connectivity index is 2.81. The van der Waals surface area contributed by atoms with Crippen LogP contribution in [-0.4, -0.2) is 21.4 Å². The van der Waals surface area contributed by atoms with Crippen LogP contribution in [0.1, 0.15) is 51.8 Å². The molecule has 0 radical (unpaired) electrons. The molecule has 0 aliphatic heterocycles. The van der Waals surface area contributed by atoms with Crippen LogP contribution in [0, 0.1) is 10.1 Å². The Morgan fingerprint density at radius 2 is 1.95 bits per heavy atom. The molecule has 1 N–H and O–H groups in total. The van der Waals surface area contributed by atoms with E-state index < -0.39 is 4.92 Å². The van der Waals surface area contributed by atoms with E-state index in [1.807, 2.05) is 6.92 Å². The van der Waals surface area contributed by atoms with Gasteiger partial charge in [0.25, 0.3) is 0 Å². The van der Waals surface area contributed by atoms with Crippen LogP contribution in [0.3, 0.4) is 0 Å². The van der Waals surface area contributed by atoms with Gasteiger partial charge in [-0.1, -0.05) is 44.7 Å². The summed E-state index contributed by atoms with van der Waals surface area (Å²) < 4.78 is 0. The fourth-order valence-electron chi connectivity index (χ4n) is 1.85. The van der Waals surface area contributed by atoms with Gasteiger partial charge in [-0.05, 0) is 12.8 Å². The van der Waals surface area contributed by atoms with Gasteiger partial charge in [-0.3, -0.25) is 10.1 Å². The fourth-order valence-corrected chi connectivity index (χ4v) is 2.11. The van der Waals surface area contributed by atoms with E-state index in [4.69, 9.17) is 11.6 Å². The first-order chi connectivity index (χ1) is 9.60. The monoisotopic (exact) mass is 300 g/mol. The Bertz CT molecular complexity index is 454. The van der Waals surface area contributed by atoms with E-state index in [0.717, 1.165) is 32.1 Å². The number of anilines is 1. The molecule has 7 heteroatoms. The van der Waals surface area contributed by atoms with Crippen molar-refractivity contribution < 1.29 is 4.92 Å². The Kier molecular flexibility index (Phi) is 7.22. The quantitative estimate of drug-likeness (QED) is 0.323. The van der Waals surface area contributed by atoms with Crippen LogP contribution in [0.2, 0.25) is 5.15 Å². The van der Waals surface area contributed by atoms with Crippen molar-refractivity contribution in [3.05, 3.63) is 21.1 Å². The van der Waals surface area contributed by atoms with Crippen LogP contribution in [-0.2, 0) is 6.42 Å². The molecule has 0 atom stereocenters. The van der Waals surface area contributed by atoms with Crippen molar-refractivity contribution in [2.45, 2.75) is 52.4 Å². The molecule has 1 heterocycles. The van der Waals surface area contributed by atoms with E-state index in [1.54, 1.807) is 0 Å². The van der Waals surface area contributed by atoms with Crippen molar-refractivity contribution >= 4 is 23.1 Å². The minimum absolute atomic E-state index is 0.0930. The molecule has 0 unspecified atom stereocenters. The number of hydrogen-bond donors (Lipinski definition) is 1. The van der Waals surface area contributed by atoms with Crippen molar-refractivity contribution in [1.29, 1.82) is 0 Å². The first-order valence-corrected chi connectivity index (χ1v) is 7.42. The second-order valence-corrected chi connectivity index (χ2v) is 4.98. The number of unbranched alkanes of at least 4 members (excludes halogenated alkanes) is 3. The zero-order valence-corrected chi connectivity index (χ0v) is 12.7. The molecule has 0 saturated carbocycles. The lowest BCUT2D eigenvalue weighted by Crippen LogP contribution is -2.10. The van der Waals surface area contributed by atoms with Crippen LogP contribution < -0.4 is 5.32 Å². The van der Waals surface area contributed by atoms with Crippen molar-refractivity contribution in [2.24, 2.45) is 0 Å². The van der Waals surface area contributed by atoms with E-state index in [0.29, 0.717) is 18.8 Å². The van der Waals surface area contributed by atoms with Crippen LogP contribution in [0.4, 0.5) is 11.5 Å². The van der Waals surface area contributed by atoms with E-state index >= 15 is 0 Å². The van der Waals surface area contributed by atoms with E-state index in [-0.39, 0.29) is 16.7 Å². The molecule has 0 saturated heterocycles. The zero-order valence-electron chi connectivity index (χ0n) is 12.0. The van der Waals surface area contributed by atoms with Crippen molar-refractivity contribution in [3.8, 4) is 0 Å². The van der Waals surface area contributed by atoms with Crippen molar-refractivity contribution in [1.82, 2.24) is 9.97 Å². The summed E-state index contributed by atoms with van der Waals surface area (Å²) in [6.45, 7) is 4.79. The van der Waals surface area contributed by atoms with Gasteiger partial charge >= 0.3 is 5.69 Å². The third-order valence-electron chi connectivity index (χ3n) is 2.87. The highest BCUT2D eigenvalue weighted by atomic mass is 35.5.